The van der Waals surface area contributed by atoms with Crippen LogP contribution in [-0.2, 0) is 6.54 Å². The van der Waals surface area contributed by atoms with Crippen LogP contribution >= 0.6 is 0 Å². The fraction of sp³-hybridized carbons (Fsp3) is 0.143. The Morgan fingerprint density at radius 1 is 1.18 bits per heavy atom. The molecule has 0 aliphatic carbocycles. The molecule has 0 aromatic heterocycles. The lowest BCUT2D eigenvalue weighted by molar-refractivity contribution is 0.524. The number of nitrogens with two attached hydrogens (primary N) is 1. The first-order valence-corrected chi connectivity index (χ1v) is 2.98. The van der Waals surface area contributed by atoms with E-state index in [9.17, 15) is 13.2 Å². The molecule has 0 radical (unpaired) electrons. The average molecular weight is 163 g/mol. The third-order valence-electron chi connectivity index (χ3n) is 1.31. The van der Waals surface area contributed by atoms with Crippen LogP contribution in [0.5, 0.6) is 0 Å². The molecular weight excluding hydrogens is 155 g/mol. The minimum atomic E-state index is -0.940. The largest absolute Gasteiger partial charge is 0.326 e. The predicted octanol–water partition coefficient (Wildman–Crippen LogP) is 1.81. The summed E-state index contributed by atoms with van der Waals surface area (Å²) in [6.07, 6.45) is 0. The average Bonchev–Trinajstić information content (AvgIpc) is 1.85. The minimum Gasteiger partial charge on any atom is -0.326 e. The van der Waals surface area contributed by atoms with Gasteiger partial charge in [-0.25, -0.2) is 13.2 Å². The Bertz CT molecular complexity index is 254. The summed E-state index contributed by atoms with van der Waals surface area (Å²) in [4.78, 5) is 0. The first-order chi connectivity index (χ1) is 5.15. The number of halogens is 3. The highest BCUT2D eigenvalue weighted by molar-refractivity contribution is 5.20. The Hall–Kier alpha value is -1.03. The molecule has 0 heterocycles. The minimum absolute atomic E-state index is 0. The van der Waals surface area contributed by atoms with Crippen LogP contribution in [0.15, 0.2) is 12.1 Å². The fourth-order valence-electron chi connectivity index (χ4n) is 0.767. The molecule has 1 aromatic rings. The van der Waals surface area contributed by atoms with E-state index in [-0.39, 0.29) is 13.5 Å². The maximum absolute atomic E-state index is 12.6. The van der Waals surface area contributed by atoms with Crippen LogP contribution in [-0.4, -0.2) is 0 Å². The van der Waals surface area contributed by atoms with Gasteiger partial charge in [0.05, 0.1) is 0 Å². The van der Waals surface area contributed by atoms with Crippen LogP contribution in [0.3, 0.4) is 0 Å². The first-order valence-electron chi connectivity index (χ1n) is 2.98. The Labute approximate surface area is 63.1 Å². The summed E-state index contributed by atoms with van der Waals surface area (Å²) in [5, 5.41) is 0. The van der Waals surface area contributed by atoms with Crippen LogP contribution in [0, 0.1) is 17.5 Å². The van der Waals surface area contributed by atoms with Crippen molar-refractivity contribution in [2.24, 2.45) is 5.73 Å². The van der Waals surface area contributed by atoms with E-state index < -0.39 is 17.5 Å². The lowest BCUT2D eigenvalue weighted by atomic mass is 10.2. The molecule has 0 spiro atoms. The fourth-order valence-corrected chi connectivity index (χ4v) is 0.767. The van der Waals surface area contributed by atoms with Crippen molar-refractivity contribution in [3.05, 3.63) is 35.1 Å². The van der Waals surface area contributed by atoms with E-state index in [0.29, 0.717) is 12.1 Å². The van der Waals surface area contributed by atoms with E-state index in [4.69, 9.17) is 5.73 Å². The van der Waals surface area contributed by atoms with Gasteiger partial charge in [0.15, 0.2) is 0 Å². The maximum atomic E-state index is 12.6. The summed E-state index contributed by atoms with van der Waals surface area (Å²) in [6.45, 7) is -0.266. The smallest absolute Gasteiger partial charge is 0.133 e. The van der Waals surface area contributed by atoms with Crippen molar-refractivity contribution in [1.82, 2.24) is 0 Å². The van der Waals surface area contributed by atoms with Crippen molar-refractivity contribution in [1.29, 1.82) is 0 Å². The Kier molecular flexibility index (Phi) is 2.14. The van der Waals surface area contributed by atoms with Gasteiger partial charge in [-0.1, -0.05) is 0 Å². The van der Waals surface area contributed by atoms with E-state index in [1.165, 1.54) is 0 Å². The molecule has 1 rings (SSSR count). The van der Waals surface area contributed by atoms with Crippen molar-refractivity contribution in [2.75, 3.05) is 0 Å². The molecule has 0 aliphatic heterocycles. The van der Waals surface area contributed by atoms with Gasteiger partial charge in [0.25, 0.3) is 0 Å². The summed E-state index contributed by atoms with van der Waals surface area (Å²) < 4.78 is 37.3. The first kappa shape index (κ1) is 8.07. The van der Waals surface area contributed by atoms with Gasteiger partial charge >= 0.3 is 0 Å². The molecule has 1 nitrogen and oxygen atoms in total. The summed E-state index contributed by atoms with van der Waals surface area (Å²) in [5.41, 5.74) is 4.71. The SMILES string of the molecule is NCc1c(F)cc(F)cc1F.[HH]. The molecule has 1 aromatic carbocycles. The zero-order valence-electron chi connectivity index (χ0n) is 5.57. The molecule has 0 atom stereocenters. The zero-order valence-corrected chi connectivity index (χ0v) is 5.57. The predicted molar refractivity (Wildman–Crippen MR) is 36.3 cm³/mol. The zero-order chi connectivity index (χ0) is 8.43. The molecular formula is C7H8F3N. The number of hydrogen-bond donors (Lipinski definition) is 1. The monoisotopic (exact) mass is 163 g/mol. The molecule has 2 N–H and O–H groups in total. The van der Waals surface area contributed by atoms with Gasteiger partial charge in [-0.05, 0) is 0 Å². The van der Waals surface area contributed by atoms with Crippen LogP contribution < -0.4 is 5.73 Å². The maximum Gasteiger partial charge on any atom is 0.133 e. The quantitative estimate of drug-likeness (QED) is 0.671. The van der Waals surface area contributed by atoms with Gasteiger partial charge in [0.2, 0.25) is 0 Å². The third kappa shape index (κ3) is 1.51. The summed E-state index contributed by atoms with van der Waals surface area (Å²) in [5.74, 6) is -2.81. The van der Waals surface area contributed by atoms with Crippen molar-refractivity contribution in [3.63, 3.8) is 0 Å². The van der Waals surface area contributed by atoms with Crippen molar-refractivity contribution < 1.29 is 14.6 Å². The molecule has 0 aliphatic rings. The van der Waals surface area contributed by atoms with Crippen LogP contribution in [0.2, 0.25) is 0 Å². The molecule has 11 heavy (non-hydrogen) atoms. The molecule has 62 valence electrons. The second-order valence-electron chi connectivity index (χ2n) is 2.05. The lowest BCUT2D eigenvalue weighted by Crippen LogP contribution is -2.03. The van der Waals surface area contributed by atoms with Crippen molar-refractivity contribution in [3.8, 4) is 0 Å². The van der Waals surface area contributed by atoms with Crippen molar-refractivity contribution in [2.45, 2.75) is 6.54 Å². The Morgan fingerprint density at radius 3 is 2.00 bits per heavy atom. The van der Waals surface area contributed by atoms with Gasteiger partial charge in [-0.2, -0.15) is 0 Å². The normalized spacial score (nSPS) is 10.2. The van der Waals surface area contributed by atoms with Gasteiger partial charge in [0.1, 0.15) is 17.5 Å². The summed E-state index contributed by atoms with van der Waals surface area (Å²) in [7, 11) is 0. The van der Waals surface area contributed by atoms with Gasteiger partial charge in [-0.15, -0.1) is 0 Å². The standard InChI is InChI=1S/C7H6F3N.H2/c8-4-1-6(9)5(3-11)7(10)2-4;/h1-2H,3,11H2;1H. The summed E-state index contributed by atoms with van der Waals surface area (Å²) >= 11 is 0. The van der Waals surface area contributed by atoms with Crippen LogP contribution in [0.4, 0.5) is 13.2 Å². The van der Waals surface area contributed by atoms with E-state index in [0.717, 1.165) is 0 Å². The molecule has 0 amide bonds. The van der Waals surface area contributed by atoms with Gasteiger partial charge in [-0.3, -0.25) is 0 Å². The lowest BCUT2D eigenvalue weighted by Gasteiger charge is -2.00. The van der Waals surface area contributed by atoms with Gasteiger partial charge in [0, 0.05) is 25.7 Å². The number of benzene rings is 1. The Morgan fingerprint density at radius 2 is 1.64 bits per heavy atom. The second kappa shape index (κ2) is 2.92. The molecule has 0 fully saturated rings. The Balaban J connectivity index is 0.00000121. The van der Waals surface area contributed by atoms with Crippen molar-refractivity contribution >= 4 is 0 Å². The molecule has 0 saturated heterocycles. The molecule has 4 heteroatoms. The highest BCUT2D eigenvalue weighted by Gasteiger charge is 2.08. The summed E-state index contributed by atoms with van der Waals surface area (Å²) in [6, 6.07) is 1.20. The van der Waals surface area contributed by atoms with E-state index in [2.05, 4.69) is 0 Å². The van der Waals surface area contributed by atoms with E-state index >= 15 is 0 Å². The highest BCUT2D eigenvalue weighted by atomic mass is 19.1. The van der Waals surface area contributed by atoms with Crippen LogP contribution in [0.25, 0.3) is 0 Å². The third-order valence-corrected chi connectivity index (χ3v) is 1.31. The molecule has 0 saturated carbocycles. The van der Waals surface area contributed by atoms with Gasteiger partial charge < -0.3 is 5.73 Å². The highest BCUT2D eigenvalue weighted by Crippen LogP contribution is 2.13. The van der Waals surface area contributed by atoms with E-state index in [1.54, 1.807) is 0 Å². The topological polar surface area (TPSA) is 26.0 Å². The van der Waals surface area contributed by atoms with Crippen LogP contribution in [0.1, 0.15) is 6.99 Å². The molecule has 0 bridgehead atoms. The second-order valence-corrected chi connectivity index (χ2v) is 2.05. The van der Waals surface area contributed by atoms with E-state index in [1.807, 2.05) is 0 Å². The number of rotatable bonds is 1. The number of hydrogen-bond acceptors (Lipinski definition) is 1. The molecule has 0 unspecified atom stereocenters.